The highest BCUT2D eigenvalue weighted by Gasteiger charge is 2.39. The summed E-state index contributed by atoms with van der Waals surface area (Å²) in [5, 5.41) is 0. The molecule has 4 nitrogen and oxygen atoms in total. The van der Waals surface area contributed by atoms with Gasteiger partial charge in [-0.25, -0.2) is 4.98 Å². The number of aromatic nitrogens is 2. The van der Waals surface area contributed by atoms with Crippen LogP contribution in [-0.2, 0) is 10.3 Å². The van der Waals surface area contributed by atoms with Crippen molar-refractivity contribution in [1.82, 2.24) is 9.55 Å². The number of hydrogen-bond donors (Lipinski definition) is 1. The van der Waals surface area contributed by atoms with Gasteiger partial charge in [0.2, 0.25) is 5.91 Å². The van der Waals surface area contributed by atoms with Gasteiger partial charge < -0.3 is 10.3 Å². The van der Waals surface area contributed by atoms with E-state index in [9.17, 15) is 4.79 Å². The molecule has 1 heterocycles. The van der Waals surface area contributed by atoms with Gasteiger partial charge in [-0.3, -0.25) is 4.79 Å². The van der Waals surface area contributed by atoms with Crippen molar-refractivity contribution in [3.8, 4) is 0 Å². The summed E-state index contributed by atoms with van der Waals surface area (Å²) in [7, 11) is 0. The van der Waals surface area contributed by atoms with E-state index >= 15 is 0 Å². The quantitative estimate of drug-likeness (QED) is 0.403. The molecule has 0 aliphatic rings. The summed E-state index contributed by atoms with van der Waals surface area (Å²) in [6, 6.07) is 30.9. The van der Waals surface area contributed by atoms with Gasteiger partial charge in [-0.15, -0.1) is 0 Å². The smallest absolute Gasteiger partial charge is 0.241 e. The van der Waals surface area contributed by atoms with Gasteiger partial charge in [0.25, 0.3) is 0 Å². The number of imidazole rings is 1. The molecule has 1 aromatic heterocycles. The van der Waals surface area contributed by atoms with Gasteiger partial charge in [0.1, 0.15) is 11.4 Å². The molecule has 0 aliphatic carbocycles. The highest BCUT2D eigenvalue weighted by Crippen LogP contribution is 2.41. The van der Waals surface area contributed by atoms with Crippen LogP contribution >= 0.6 is 0 Å². The number of benzene rings is 3. The molecule has 0 atom stereocenters. The fourth-order valence-corrected chi connectivity index (χ4v) is 3.83. The monoisotopic (exact) mass is 379 g/mol. The van der Waals surface area contributed by atoms with Gasteiger partial charge in [0.15, 0.2) is 0 Å². The van der Waals surface area contributed by atoms with Crippen LogP contribution in [0.4, 0.5) is 0 Å². The predicted octanol–water partition coefficient (Wildman–Crippen LogP) is 4.22. The summed E-state index contributed by atoms with van der Waals surface area (Å²) in [5.41, 5.74) is 7.93. The van der Waals surface area contributed by atoms with Crippen molar-refractivity contribution < 1.29 is 4.79 Å². The van der Waals surface area contributed by atoms with Gasteiger partial charge in [-0.2, -0.15) is 0 Å². The third-order valence-corrected chi connectivity index (χ3v) is 5.00. The SMILES string of the molecule is NC(=O)/C=C\c1nccn1C(c1ccccc1)(c1ccccc1)c1ccccc1. The lowest BCUT2D eigenvalue weighted by molar-refractivity contribution is -0.113. The molecule has 3 aromatic carbocycles. The van der Waals surface area contributed by atoms with E-state index in [1.165, 1.54) is 6.08 Å². The van der Waals surface area contributed by atoms with Crippen LogP contribution in [-0.4, -0.2) is 15.5 Å². The molecule has 0 unspecified atom stereocenters. The maximum absolute atomic E-state index is 11.4. The van der Waals surface area contributed by atoms with E-state index in [1.54, 1.807) is 12.3 Å². The van der Waals surface area contributed by atoms with Gasteiger partial charge >= 0.3 is 0 Å². The summed E-state index contributed by atoms with van der Waals surface area (Å²) in [6.07, 6.45) is 6.67. The summed E-state index contributed by atoms with van der Waals surface area (Å²) >= 11 is 0. The molecule has 142 valence electrons. The molecule has 0 fully saturated rings. The lowest BCUT2D eigenvalue weighted by atomic mass is 9.76. The van der Waals surface area contributed by atoms with Crippen LogP contribution in [0.1, 0.15) is 22.5 Å². The second-order valence-electron chi connectivity index (χ2n) is 6.70. The molecular weight excluding hydrogens is 358 g/mol. The molecule has 2 N–H and O–H groups in total. The average Bonchev–Trinajstić information content (AvgIpc) is 3.24. The first-order valence-electron chi connectivity index (χ1n) is 9.41. The van der Waals surface area contributed by atoms with E-state index < -0.39 is 11.4 Å². The minimum atomic E-state index is -0.669. The van der Waals surface area contributed by atoms with Crippen LogP contribution in [0.5, 0.6) is 0 Å². The van der Waals surface area contributed by atoms with E-state index in [2.05, 4.69) is 45.9 Å². The maximum atomic E-state index is 11.4. The van der Waals surface area contributed by atoms with Crippen molar-refractivity contribution in [2.75, 3.05) is 0 Å². The van der Waals surface area contributed by atoms with Crippen LogP contribution in [0.2, 0.25) is 0 Å². The normalized spacial score (nSPS) is 11.6. The summed E-state index contributed by atoms with van der Waals surface area (Å²) in [4.78, 5) is 15.9. The first-order valence-corrected chi connectivity index (χ1v) is 9.41. The lowest BCUT2D eigenvalue weighted by Crippen LogP contribution is -2.38. The fourth-order valence-electron chi connectivity index (χ4n) is 3.83. The maximum Gasteiger partial charge on any atom is 0.241 e. The Bertz CT molecular complexity index is 1020. The largest absolute Gasteiger partial charge is 0.366 e. The van der Waals surface area contributed by atoms with Gasteiger partial charge in [0.05, 0.1) is 0 Å². The highest BCUT2D eigenvalue weighted by atomic mass is 16.1. The number of rotatable bonds is 6. The van der Waals surface area contributed by atoms with Gasteiger partial charge in [-0.05, 0) is 22.8 Å². The zero-order valence-corrected chi connectivity index (χ0v) is 15.8. The van der Waals surface area contributed by atoms with Gasteiger partial charge in [-0.1, -0.05) is 91.0 Å². The molecule has 0 aliphatic heterocycles. The van der Waals surface area contributed by atoms with Crippen molar-refractivity contribution in [3.63, 3.8) is 0 Å². The zero-order chi connectivity index (χ0) is 20.1. The molecule has 0 spiro atoms. The average molecular weight is 379 g/mol. The van der Waals surface area contributed by atoms with Crippen molar-refractivity contribution >= 4 is 12.0 Å². The van der Waals surface area contributed by atoms with E-state index in [4.69, 9.17) is 5.73 Å². The van der Waals surface area contributed by atoms with E-state index in [0.717, 1.165) is 16.7 Å². The number of carbonyl (C=O) groups excluding carboxylic acids is 1. The van der Waals surface area contributed by atoms with Crippen molar-refractivity contribution in [2.24, 2.45) is 5.73 Å². The molecule has 4 heteroatoms. The molecule has 0 saturated carbocycles. The topological polar surface area (TPSA) is 60.9 Å². The standard InChI is InChI=1S/C25H21N3O/c26-23(29)16-17-24-27-18-19-28(24)25(20-10-4-1-5-11-20,21-12-6-2-7-13-21)22-14-8-3-9-15-22/h1-19H,(H2,26,29)/b17-16-. The molecule has 0 radical (unpaired) electrons. The fraction of sp³-hybridized carbons (Fsp3) is 0.0400. The molecular formula is C25H21N3O. The Kier molecular flexibility index (Phi) is 5.08. The predicted molar refractivity (Wildman–Crippen MR) is 115 cm³/mol. The van der Waals surface area contributed by atoms with E-state index in [0.29, 0.717) is 5.82 Å². The molecule has 0 bridgehead atoms. The number of nitrogens with two attached hydrogens (primary N) is 1. The summed E-state index contributed by atoms with van der Waals surface area (Å²) in [6.45, 7) is 0. The number of hydrogen-bond acceptors (Lipinski definition) is 2. The zero-order valence-electron chi connectivity index (χ0n) is 15.8. The van der Waals surface area contributed by atoms with Crippen LogP contribution in [0, 0.1) is 0 Å². The summed E-state index contributed by atoms with van der Waals surface area (Å²) in [5.74, 6) is 0.129. The number of primary amides is 1. The van der Waals surface area contributed by atoms with Crippen LogP contribution in [0.3, 0.4) is 0 Å². The lowest BCUT2D eigenvalue weighted by Gasteiger charge is -2.38. The van der Waals surface area contributed by atoms with Crippen molar-refractivity contribution in [2.45, 2.75) is 5.54 Å². The highest BCUT2D eigenvalue weighted by molar-refractivity contribution is 5.89. The molecule has 4 rings (SSSR count). The molecule has 1 amide bonds. The van der Waals surface area contributed by atoms with Crippen LogP contribution < -0.4 is 5.73 Å². The van der Waals surface area contributed by atoms with Crippen molar-refractivity contribution in [3.05, 3.63) is 132 Å². The van der Waals surface area contributed by atoms with E-state index in [1.807, 2.05) is 60.8 Å². The Balaban J connectivity index is 2.10. The Morgan fingerprint density at radius 1 is 0.793 bits per heavy atom. The second kappa shape index (κ2) is 7.98. The Morgan fingerprint density at radius 2 is 1.24 bits per heavy atom. The van der Waals surface area contributed by atoms with Crippen LogP contribution in [0.15, 0.2) is 109 Å². The first-order chi connectivity index (χ1) is 14.2. The molecule has 4 aromatic rings. The molecule has 0 saturated heterocycles. The number of carbonyl (C=O) groups is 1. The number of nitrogens with zero attached hydrogens (tertiary/aromatic N) is 2. The van der Waals surface area contributed by atoms with Crippen LogP contribution in [0.25, 0.3) is 6.08 Å². The first kappa shape index (κ1) is 18.4. The molecule has 29 heavy (non-hydrogen) atoms. The Hall–Kier alpha value is -3.92. The summed E-state index contributed by atoms with van der Waals surface area (Å²) < 4.78 is 2.09. The number of amides is 1. The Morgan fingerprint density at radius 3 is 1.66 bits per heavy atom. The minimum absolute atomic E-state index is 0.510. The third kappa shape index (κ3) is 3.36. The second-order valence-corrected chi connectivity index (χ2v) is 6.70. The van der Waals surface area contributed by atoms with Crippen molar-refractivity contribution in [1.29, 1.82) is 0 Å². The minimum Gasteiger partial charge on any atom is -0.366 e. The van der Waals surface area contributed by atoms with Gasteiger partial charge in [0, 0.05) is 18.5 Å². The van der Waals surface area contributed by atoms with E-state index in [-0.39, 0.29) is 0 Å². The third-order valence-electron chi connectivity index (χ3n) is 5.00. The Labute approximate surface area is 170 Å².